The summed E-state index contributed by atoms with van der Waals surface area (Å²) in [7, 11) is 0. The summed E-state index contributed by atoms with van der Waals surface area (Å²) in [5, 5.41) is 9.53. The molecular formula is C14H10BrClO3. The highest BCUT2D eigenvalue weighted by atomic mass is 79.9. The molecule has 0 fully saturated rings. The van der Waals surface area contributed by atoms with Gasteiger partial charge in [0.05, 0.1) is 0 Å². The van der Waals surface area contributed by atoms with Crippen molar-refractivity contribution in [3.05, 3.63) is 57.0 Å². The van der Waals surface area contributed by atoms with E-state index in [1.54, 1.807) is 6.07 Å². The summed E-state index contributed by atoms with van der Waals surface area (Å²) in [6.45, 7) is 1.92. The van der Waals surface area contributed by atoms with Crippen LogP contribution in [0.5, 0.6) is 11.5 Å². The Morgan fingerprint density at radius 3 is 2.63 bits per heavy atom. The van der Waals surface area contributed by atoms with Crippen molar-refractivity contribution in [3.8, 4) is 11.5 Å². The Hall–Kier alpha value is -1.52. The number of ether oxygens (including phenoxy) is 1. The average molecular weight is 342 g/mol. The molecule has 0 aliphatic heterocycles. The van der Waals surface area contributed by atoms with Crippen molar-refractivity contribution < 1.29 is 14.6 Å². The summed E-state index contributed by atoms with van der Waals surface area (Å²) < 4.78 is 6.56. The van der Waals surface area contributed by atoms with Crippen molar-refractivity contribution in [3.63, 3.8) is 0 Å². The number of benzene rings is 2. The topological polar surface area (TPSA) is 46.5 Å². The van der Waals surface area contributed by atoms with E-state index in [0.717, 1.165) is 10.0 Å². The molecule has 0 unspecified atom stereocenters. The molecule has 2 rings (SSSR count). The molecule has 19 heavy (non-hydrogen) atoms. The molecule has 2 aromatic carbocycles. The normalized spacial score (nSPS) is 10.3. The van der Waals surface area contributed by atoms with Gasteiger partial charge in [-0.2, -0.15) is 0 Å². The van der Waals surface area contributed by atoms with Crippen LogP contribution in [0.25, 0.3) is 0 Å². The molecule has 5 heteroatoms. The fraction of sp³-hybridized carbons (Fsp3) is 0.0714. The maximum absolute atomic E-state index is 11.1. The molecule has 0 heterocycles. The Balaban J connectivity index is 2.39. The highest BCUT2D eigenvalue weighted by Crippen LogP contribution is 2.30. The van der Waals surface area contributed by atoms with E-state index >= 15 is 0 Å². The summed E-state index contributed by atoms with van der Waals surface area (Å²) in [4.78, 5) is 11.1. The molecule has 2 aromatic rings. The van der Waals surface area contributed by atoms with Crippen LogP contribution in [-0.4, -0.2) is 11.1 Å². The van der Waals surface area contributed by atoms with Crippen LogP contribution < -0.4 is 4.74 Å². The summed E-state index contributed by atoms with van der Waals surface area (Å²) in [6.07, 6.45) is 0. The summed E-state index contributed by atoms with van der Waals surface area (Å²) >= 11 is 9.26. The molecule has 0 saturated carbocycles. The van der Waals surface area contributed by atoms with Gasteiger partial charge in [0.15, 0.2) is 0 Å². The van der Waals surface area contributed by atoms with Gasteiger partial charge < -0.3 is 9.84 Å². The number of rotatable bonds is 3. The Morgan fingerprint density at radius 1 is 1.26 bits per heavy atom. The summed E-state index contributed by atoms with van der Waals surface area (Å²) in [6, 6.07) is 9.84. The number of carboxylic acids is 1. The van der Waals surface area contributed by atoms with Gasteiger partial charge in [-0.05, 0) is 42.8 Å². The third kappa shape index (κ3) is 3.28. The Morgan fingerprint density at radius 2 is 2.00 bits per heavy atom. The fourth-order valence-corrected chi connectivity index (χ4v) is 1.97. The van der Waals surface area contributed by atoms with Crippen molar-refractivity contribution in [2.45, 2.75) is 6.92 Å². The first-order valence-electron chi connectivity index (χ1n) is 5.44. The highest BCUT2D eigenvalue weighted by Gasteiger charge is 2.13. The number of aromatic carboxylic acids is 1. The van der Waals surface area contributed by atoms with Gasteiger partial charge in [-0.25, -0.2) is 4.79 Å². The van der Waals surface area contributed by atoms with E-state index in [9.17, 15) is 4.79 Å². The predicted octanol–water partition coefficient (Wildman–Crippen LogP) is 4.90. The van der Waals surface area contributed by atoms with Gasteiger partial charge in [-0.15, -0.1) is 0 Å². The molecule has 0 spiro atoms. The zero-order valence-corrected chi connectivity index (χ0v) is 12.3. The first-order valence-corrected chi connectivity index (χ1v) is 6.61. The van der Waals surface area contributed by atoms with Crippen LogP contribution in [0.3, 0.4) is 0 Å². The molecule has 0 aliphatic carbocycles. The van der Waals surface area contributed by atoms with E-state index < -0.39 is 5.97 Å². The van der Waals surface area contributed by atoms with Crippen molar-refractivity contribution >= 4 is 33.5 Å². The lowest BCUT2D eigenvalue weighted by molar-refractivity contribution is 0.0694. The van der Waals surface area contributed by atoms with Crippen LogP contribution in [0.15, 0.2) is 40.9 Å². The third-order valence-corrected chi connectivity index (χ3v) is 3.66. The SMILES string of the molecule is Cc1cc(Oc2cc(Cl)ccc2C(=O)O)ccc1Br. The number of carbonyl (C=O) groups is 1. The molecule has 0 bridgehead atoms. The number of halogens is 2. The lowest BCUT2D eigenvalue weighted by atomic mass is 10.2. The standard InChI is InChI=1S/C14H10BrClO3/c1-8-6-10(3-5-12(8)15)19-13-7-9(16)2-4-11(13)14(17)18/h2-7H,1H3,(H,17,18). The molecule has 3 nitrogen and oxygen atoms in total. The van der Waals surface area contributed by atoms with Crippen LogP contribution in [0.2, 0.25) is 5.02 Å². The van der Waals surface area contributed by atoms with Crippen molar-refractivity contribution in [1.82, 2.24) is 0 Å². The van der Waals surface area contributed by atoms with Gasteiger partial charge in [0.25, 0.3) is 0 Å². The Kier molecular flexibility index (Phi) is 4.12. The van der Waals surface area contributed by atoms with E-state index in [4.69, 9.17) is 21.4 Å². The van der Waals surface area contributed by atoms with Gasteiger partial charge in [0.1, 0.15) is 17.1 Å². The number of aryl methyl sites for hydroxylation is 1. The van der Waals surface area contributed by atoms with Gasteiger partial charge in [0.2, 0.25) is 0 Å². The maximum atomic E-state index is 11.1. The second-order valence-electron chi connectivity index (χ2n) is 3.96. The van der Waals surface area contributed by atoms with Crippen LogP contribution in [-0.2, 0) is 0 Å². The van der Waals surface area contributed by atoms with E-state index in [1.807, 2.05) is 19.1 Å². The first-order chi connectivity index (χ1) is 8.97. The smallest absolute Gasteiger partial charge is 0.339 e. The van der Waals surface area contributed by atoms with Crippen LogP contribution in [0, 0.1) is 6.92 Å². The Bertz CT molecular complexity index is 641. The van der Waals surface area contributed by atoms with Gasteiger partial charge in [-0.1, -0.05) is 27.5 Å². The van der Waals surface area contributed by atoms with E-state index in [1.165, 1.54) is 18.2 Å². The van der Waals surface area contributed by atoms with E-state index in [2.05, 4.69) is 15.9 Å². The summed E-state index contributed by atoms with van der Waals surface area (Å²) in [5.74, 6) is -0.271. The first kappa shape index (κ1) is 13.9. The Labute approximate surface area is 123 Å². The maximum Gasteiger partial charge on any atom is 0.339 e. The molecule has 0 radical (unpaired) electrons. The molecule has 0 amide bonds. The molecule has 1 N–H and O–H groups in total. The van der Waals surface area contributed by atoms with Crippen molar-refractivity contribution in [2.75, 3.05) is 0 Å². The average Bonchev–Trinajstić information content (AvgIpc) is 2.33. The van der Waals surface area contributed by atoms with Crippen molar-refractivity contribution in [2.24, 2.45) is 0 Å². The number of hydrogen-bond acceptors (Lipinski definition) is 2. The van der Waals surface area contributed by atoms with Crippen LogP contribution in [0.4, 0.5) is 0 Å². The second kappa shape index (κ2) is 5.63. The fourth-order valence-electron chi connectivity index (χ4n) is 1.56. The zero-order chi connectivity index (χ0) is 14.0. The second-order valence-corrected chi connectivity index (χ2v) is 5.25. The lowest BCUT2D eigenvalue weighted by Crippen LogP contribution is -2.00. The van der Waals surface area contributed by atoms with Gasteiger partial charge in [-0.3, -0.25) is 0 Å². The van der Waals surface area contributed by atoms with Gasteiger partial charge in [0, 0.05) is 15.6 Å². The molecule has 0 aromatic heterocycles. The van der Waals surface area contributed by atoms with Gasteiger partial charge >= 0.3 is 5.97 Å². The quantitative estimate of drug-likeness (QED) is 0.863. The minimum atomic E-state index is -1.06. The van der Waals surface area contributed by atoms with Crippen molar-refractivity contribution in [1.29, 1.82) is 0 Å². The number of carboxylic acid groups (broad SMARTS) is 1. The minimum Gasteiger partial charge on any atom is -0.478 e. The molecule has 98 valence electrons. The summed E-state index contributed by atoms with van der Waals surface area (Å²) in [5.41, 5.74) is 1.07. The van der Waals surface area contributed by atoms with Crippen LogP contribution in [0.1, 0.15) is 15.9 Å². The molecule has 0 atom stereocenters. The van der Waals surface area contributed by atoms with E-state index in [0.29, 0.717) is 10.8 Å². The van der Waals surface area contributed by atoms with E-state index in [-0.39, 0.29) is 11.3 Å². The van der Waals surface area contributed by atoms with Crippen LogP contribution >= 0.6 is 27.5 Å². The lowest BCUT2D eigenvalue weighted by Gasteiger charge is -2.10. The molecule has 0 saturated heterocycles. The number of hydrogen-bond donors (Lipinski definition) is 1. The zero-order valence-electron chi connectivity index (χ0n) is 9.98. The monoisotopic (exact) mass is 340 g/mol. The highest BCUT2D eigenvalue weighted by molar-refractivity contribution is 9.10. The third-order valence-electron chi connectivity index (χ3n) is 2.53. The molecule has 0 aliphatic rings. The minimum absolute atomic E-state index is 0.0740. The molecular weight excluding hydrogens is 332 g/mol. The largest absolute Gasteiger partial charge is 0.478 e. The predicted molar refractivity (Wildman–Crippen MR) is 77.4 cm³/mol.